The molecule has 3 saturated heterocycles. The van der Waals surface area contributed by atoms with Crippen LogP contribution in [0, 0.1) is 11.6 Å². The van der Waals surface area contributed by atoms with E-state index in [1.807, 2.05) is 17.0 Å². The number of unbranched alkanes of at least 4 members (excludes halogenated alkanes) is 3. The van der Waals surface area contributed by atoms with E-state index >= 15 is 0 Å². The molecular weight excluding hydrogens is 761 g/mol. The lowest BCUT2D eigenvalue weighted by molar-refractivity contribution is -0.135. The summed E-state index contributed by atoms with van der Waals surface area (Å²) in [5, 5.41) is 20.5. The minimum atomic E-state index is -0.705. The largest absolute Gasteiger partial charge is 0.392 e. The number of benzene rings is 2. The Labute approximate surface area is 340 Å². The number of imide groups is 1. The zero-order valence-electron chi connectivity index (χ0n) is 33.3. The van der Waals surface area contributed by atoms with Gasteiger partial charge in [-0.05, 0) is 106 Å². The fourth-order valence-electron chi connectivity index (χ4n) is 9.17. The van der Waals surface area contributed by atoms with E-state index < -0.39 is 29.7 Å². The van der Waals surface area contributed by atoms with Crippen LogP contribution in [-0.4, -0.2) is 90.3 Å². The van der Waals surface area contributed by atoms with E-state index in [4.69, 9.17) is 4.98 Å². The van der Waals surface area contributed by atoms with Gasteiger partial charge in [0.1, 0.15) is 29.1 Å². The van der Waals surface area contributed by atoms with Crippen molar-refractivity contribution >= 4 is 40.2 Å². The Bertz CT molecular complexity index is 2420. The number of piperidine rings is 2. The molecule has 3 amide bonds. The minimum Gasteiger partial charge on any atom is -0.392 e. The number of nitrogens with zero attached hydrogens (tertiary/aromatic N) is 7. The molecule has 0 bridgehead atoms. The van der Waals surface area contributed by atoms with Crippen LogP contribution in [0.1, 0.15) is 110 Å². The van der Waals surface area contributed by atoms with E-state index in [2.05, 4.69) is 26.7 Å². The molecule has 8 rings (SSSR count). The average molecular weight is 812 g/mol. The van der Waals surface area contributed by atoms with Gasteiger partial charge in [-0.3, -0.25) is 28.8 Å². The standard InChI is InChI=1S/C43H51F2N9O5/c1-50-37-23-28(9-12-35(37)54(43(50)59)36-13-14-39(56)49-42(36)58)27-15-20-51(21-16-27)26-30(55)7-4-2-3-5-18-46-41(57)32-25-47-53-22-17-38(48-40(32)53)52-19-6-8-34(52)31-24-29(44)10-11-33(31)45/h9-12,17,22-25,27,30,34,36,55H,2-8,13-16,18-21,26H2,1H3,(H,46,57)(H,49,56,58)/t30?,34-,36?/m1/s1. The molecule has 3 N–H and O–H groups in total. The summed E-state index contributed by atoms with van der Waals surface area (Å²) >= 11 is 0. The first-order valence-electron chi connectivity index (χ1n) is 20.8. The highest BCUT2D eigenvalue weighted by Crippen LogP contribution is 2.37. The lowest BCUT2D eigenvalue weighted by Gasteiger charge is -2.33. The number of amides is 3. The summed E-state index contributed by atoms with van der Waals surface area (Å²) < 4.78 is 33.3. The second-order valence-corrected chi connectivity index (χ2v) is 16.2. The number of likely N-dealkylation sites (tertiary alicyclic amines) is 1. The van der Waals surface area contributed by atoms with Crippen LogP contribution in [0.5, 0.6) is 0 Å². The molecule has 3 aliphatic heterocycles. The van der Waals surface area contributed by atoms with Crippen LogP contribution in [0.4, 0.5) is 14.6 Å². The number of fused-ring (bicyclic) bond motifs is 2. The Morgan fingerprint density at radius 3 is 2.58 bits per heavy atom. The number of anilines is 1. The molecule has 59 heavy (non-hydrogen) atoms. The topological polar surface area (TPSA) is 159 Å². The minimum absolute atomic E-state index is 0.203. The normalized spacial score (nSPS) is 19.8. The Morgan fingerprint density at radius 2 is 1.76 bits per heavy atom. The van der Waals surface area contributed by atoms with Crippen molar-refractivity contribution in [3.63, 3.8) is 0 Å². The Balaban J connectivity index is 0.750. The third kappa shape index (κ3) is 8.51. The number of carbonyl (C=O) groups excluding carboxylic acids is 3. The SMILES string of the molecule is Cn1c(=O)n(C2CCC(=O)NC2=O)c2ccc(C3CCN(CC(O)CCCCCCNC(=O)c4cnn5ccc(N6CCC[C@@H]6c6cc(F)ccc6F)nc45)CC3)cc21. The van der Waals surface area contributed by atoms with Gasteiger partial charge in [0, 0.05) is 44.9 Å². The van der Waals surface area contributed by atoms with Crippen molar-refractivity contribution < 1.29 is 28.3 Å². The highest BCUT2D eigenvalue weighted by molar-refractivity contribution is 6.00. The number of rotatable bonds is 14. The number of hydrogen-bond donors (Lipinski definition) is 3. The number of aromatic nitrogens is 5. The van der Waals surface area contributed by atoms with Crippen LogP contribution in [0.25, 0.3) is 16.7 Å². The van der Waals surface area contributed by atoms with E-state index in [1.54, 1.807) is 23.9 Å². The smallest absolute Gasteiger partial charge is 0.329 e. The molecule has 0 aliphatic carbocycles. The van der Waals surface area contributed by atoms with Gasteiger partial charge >= 0.3 is 5.69 Å². The first-order chi connectivity index (χ1) is 28.5. The van der Waals surface area contributed by atoms with Crippen molar-refractivity contribution in [1.29, 1.82) is 0 Å². The second-order valence-electron chi connectivity index (χ2n) is 16.2. The van der Waals surface area contributed by atoms with Crippen LogP contribution in [0.2, 0.25) is 0 Å². The Kier molecular flexibility index (Phi) is 11.9. The predicted octanol–water partition coefficient (Wildman–Crippen LogP) is 4.90. The summed E-state index contributed by atoms with van der Waals surface area (Å²) in [6, 6.07) is 10.2. The summed E-state index contributed by atoms with van der Waals surface area (Å²) in [6.45, 7) is 3.49. The highest BCUT2D eigenvalue weighted by Gasteiger charge is 2.33. The summed E-state index contributed by atoms with van der Waals surface area (Å²) in [7, 11) is 1.71. The van der Waals surface area contributed by atoms with Gasteiger partial charge in [-0.25, -0.2) is 23.1 Å². The van der Waals surface area contributed by atoms with Crippen molar-refractivity contribution in [2.75, 3.05) is 37.6 Å². The van der Waals surface area contributed by atoms with Gasteiger partial charge in [0.25, 0.3) is 5.91 Å². The van der Waals surface area contributed by atoms with Crippen molar-refractivity contribution in [1.82, 2.24) is 39.3 Å². The zero-order valence-corrected chi connectivity index (χ0v) is 33.3. The molecule has 3 fully saturated rings. The van der Waals surface area contributed by atoms with E-state index in [9.17, 15) is 33.1 Å². The maximum absolute atomic E-state index is 14.7. The summed E-state index contributed by atoms with van der Waals surface area (Å²) in [4.78, 5) is 59.6. The number of aliphatic hydroxyl groups excluding tert-OH is 1. The molecule has 312 valence electrons. The van der Waals surface area contributed by atoms with E-state index in [0.29, 0.717) is 72.9 Å². The summed E-state index contributed by atoms with van der Waals surface area (Å²) in [5.74, 6) is -1.06. The van der Waals surface area contributed by atoms with Gasteiger partial charge in [-0.15, -0.1) is 0 Å². The molecule has 3 atom stereocenters. The first kappa shape index (κ1) is 40.3. The molecular formula is C43H51F2N9O5. The number of nitrogens with one attached hydrogen (secondary N) is 2. The molecule has 14 nitrogen and oxygen atoms in total. The molecule has 2 aromatic carbocycles. The Hall–Kier alpha value is -5.48. The molecule has 3 aliphatic rings. The third-order valence-corrected chi connectivity index (χ3v) is 12.4. The number of imidazole rings is 1. The first-order valence-corrected chi connectivity index (χ1v) is 20.8. The van der Waals surface area contributed by atoms with Gasteiger partial charge in [-0.1, -0.05) is 25.3 Å². The van der Waals surface area contributed by atoms with Crippen molar-refractivity contribution in [2.24, 2.45) is 7.05 Å². The molecule has 0 radical (unpaired) electrons. The fraction of sp³-hybridized carbons (Fsp3) is 0.488. The van der Waals surface area contributed by atoms with Crippen molar-refractivity contribution in [2.45, 2.75) is 94.7 Å². The summed E-state index contributed by atoms with van der Waals surface area (Å²) in [5.41, 5.74) is 3.39. The van der Waals surface area contributed by atoms with Crippen LogP contribution in [-0.2, 0) is 16.6 Å². The molecule has 3 aromatic heterocycles. The summed E-state index contributed by atoms with van der Waals surface area (Å²) in [6.07, 6.45) is 10.9. The molecule has 2 unspecified atom stereocenters. The van der Waals surface area contributed by atoms with E-state index in [0.717, 1.165) is 81.2 Å². The molecule has 0 saturated carbocycles. The van der Waals surface area contributed by atoms with Crippen LogP contribution < -0.4 is 21.2 Å². The number of β-amino-alcohol motifs (C(OH)–C–C–N with tert-alkyl or cyclic N) is 1. The number of aliphatic hydroxyl groups is 1. The van der Waals surface area contributed by atoms with Gasteiger partial charge in [0.15, 0.2) is 5.65 Å². The number of carbonyl (C=O) groups is 3. The quantitative estimate of drug-likeness (QED) is 0.105. The molecule has 0 spiro atoms. The number of halogens is 2. The second kappa shape index (κ2) is 17.4. The lowest BCUT2D eigenvalue weighted by atomic mass is 9.89. The Morgan fingerprint density at radius 1 is 0.949 bits per heavy atom. The molecule has 16 heteroatoms. The van der Waals surface area contributed by atoms with Gasteiger partial charge in [-0.2, -0.15) is 5.10 Å². The van der Waals surface area contributed by atoms with Gasteiger partial charge < -0.3 is 20.2 Å². The predicted molar refractivity (Wildman–Crippen MR) is 217 cm³/mol. The fourth-order valence-corrected chi connectivity index (χ4v) is 9.17. The maximum Gasteiger partial charge on any atom is 0.329 e. The van der Waals surface area contributed by atoms with Crippen molar-refractivity contribution in [3.05, 3.63) is 93.7 Å². The van der Waals surface area contributed by atoms with Crippen LogP contribution in [0.3, 0.4) is 0 Å². The monoisotopic (exact) mass is 811 g/mol. The van der Waals surface area contributed by atoms with E-state index in [-0.39, 0.29) is 30.0 Å². The molecule has 6 heterocycles. The number of aryl methyl sites for hydroxylation is 1. The average Bonchev–Trinajstić information content (AvgIpc) is 3.95. The maximum atomic E-state index is 14.7. The van der Waals surface area contributed by atoms with E-state index in [1.165, 1.54) is 21.3 Å². The number of hydrogen-bond acceptors (Lipinski definition) is 9. The zero-order chi connectivity index (χ0) is 41.2. The van der Waals surface area contributed by atoms with Gasteiger partial charge in [0.05, 0.1) is 29.4 Å². The van der Waals surface area contributed by atoms with Crippen LogP contribution >= 0.6 is 0 Å². The van der Waals surface area contributed by atoms with Crippen molar-refractivity contribution in [3.8, 4) is 0 Å². The van der Waals surface area contributed by atoms with Crippen LogP contribution in [0.15, 0.2) is 59.7 Å². The highest BCUT2D eigenvalue weighted by atomic mass is 19.1. The molecule has 5 aromatic rings. The third-order valence-electron chi connectivity index (χ3n) is 12.4. The van der Waals surface area contributed by atoms with Gasteiger partial charge in [0.2, 0.25) is 11.8 Å². The lowest BCUT2D eigenvalue weighted by Crippen LogP contribution is -2.44.